The van der Waals surface area contributed by atoms with Crippen molar-refractivity contribution in [2.45, 2.75) is 13.3 Å². The first-order valence-electron chi connectivity index (χ1n) is 4.79. The van der Waals surface area contributed by atoms with E-state index in [-0.39, 0.29) is 6.42 Å². The molecule has 1 aromatic heterocycles. The van der Waals surface area contributed by atoms with Crippen molar-refractivity contribution < 1.29 is 14.3 Å². The highest BCUT2D eigenvalue weighted by molar-refractivity contribution is 5.84. The summed E-state index contributed by atoms with van der Waals surface area (Å²) in [6.45, 7) is 1.87. The molecule has 2 aromatic rings. The minimum Gasteiger partial charge on any atom is -0.550 e. The van der Waals surface area contributed by atoms with Crippen LogP contribution in [-0.4, -0.2) is 5.97 Å². The average Bonchev–Trinajstić information content (AvgIpc) is 2.15. The largest absolute Gasteiger partial charge is 0.550 e. The van der Waals surface area contributed by atoms with Crippen molar-refractivity contribution >= 4 is 16.9 Å². The maximum absolute atomic E-state index is 11.2. The Hall–Kier alpha value is -2.10. The van der Waals surface area contributed by atoms with Crippen molar-refractivity contribution in [3.63, 3.8) is 0 Å². The first-order valence-corrected chi connectivity index (χ1v) is 4.79. The summed E-state index contributed by atoms with van der Waals surface area (Å²) in [5.41, 5.74) is 1.23. The van der Waals surface area contributed by atoms with Gasteiger partial charge in [0.2, 0.25) is 0 Å². The van der Waals surface area contributed by atoms with Crippen LogP contribution in [0, 0.1) is 6.92 Å². The predicted octanol–water partition coefficient (Wildman–Crippen LogP) is 0.394. The Bertz CT molecular complexity index is 610. The molecule has 1 heterocycles. The SMILES string of the molecule is Cc1ccc2c(CC(=O)[O-])cc(=O)oc2c1. The van der Waals surface area contributed by atoms with Crippen LogP contribution in [0.4, 0.5) is 0 Å². The van der Waals surface area contributed by atoms with Crippen LogP contribution in [0.2, 0.25) is 0 Å². The third kappa shape index (κ3) is 1.95. The van der Waals surface area contributed by atoms with E-state index in [0.29, 0.717) is 16.5 Å². The molecule has 0 aliphatic carbocycles. The molecule has 16 heavy (non-hydrogen) atoms. The van der Waals surface area contributed by atoms with E-state index in [0.717, 1.165) is 5.56 Å². The van der Waals surface area contributed by atoms with E-state index < -0.39 is 11.6 Å². The number of aliphatic carboxylic acids is 1. The second kappa shape index (κ2) is 3.81. The molecular weight excluding hydrogens is 208 g/mol. The van der Waals surface area contributed by atoms with Crippen LogP contribution in [-0.2, 0) is 11.2 Å². The number of aryl methyl sites for hydroxylation is 1. The van der Waals surface area contributed by atoms with E-state index in [1.807, 2.05) is 13.0 Å². The van der Waals surface area contributed by atoms with Crippen LogP contribution in [0.1, 0.15) is 11.1 Å². The van der Waals surface area contributed by atoms with Gasteiger partial charge in [0.25, 0.3) is 0 Å². The molecule has 0 bridgehead atoms. The summed E-state index contributed by atoms with van der Waals surface area (Å²) in [4.78, 5) is 21.8. The molecule has 0 atom stereocenters. The van der Waals surface area contributed by atoms with E-state index in [9.17, 15) is 14.7 Å². The van der Waals surface area contributed by atoms with Gasteiger partial charge in [0.1, 0.15) is 5.58 Å². The third-order valence-corrected chi connectivity index (χ3v) is 2.32. The fraction of sp³-hybridized carbons (Fsp3) is 0.167. The van der Waals surface area contributed by atoms with Crippen LogP contribution in [0.25, 0.3) is 11.0 Å². The van der Waals surface area contributed by atoms with Crippen molar-refractivity contribution in [1.82, 2.24) is 0 Å². The van der Waals surface area contributed by atoms with Crippen LogP contribution in [0.3, 0.4) is 0 Å². The Morgan fingerprint density at radius 3 is 2.81 bits per heavy atom. The lowest BCUT2D eigenvalue weighted by Gasteiger charge is -2.06. The number of carbonyl (C=O) groups excluding carboxylic acids is 1. The molecule has 0 saturated carbocycles. The Kier molecular flexibility index (Phi) is 2.48. The Morgan fingerprint density at radius 1 is 1.38 bits per heavy atom. The average molecular weight is 217 g/mol. The van der Waals surface area contributed by atoms with Crippen molar-refractivity contribution in [3.8, 4) is 0 Å². The van der Waals surface area contributed by atoms with E-state index in [2.05, 4.69) is 0 Å². The number of carboxylic acid groups (broad SMARTS) is 1. The van der Waals surface area contributed by atoms with Gasteiger partial charge < -0.3 is 14.3 Å². The summed E-state index contributed by atoms with van der Waals surface area (Å²) in [7, 11) is 0. The van der Waals surface area contributed by atoms with Gasteiger partial charge in [-0.3, -0.25) is 0 Å². The predicted molar refractivity (Wildman–Crippen MR) is 55.9 cm³/mol. The highest BCUT2D eigenvalue weighted by Crippen LogP contribution is 2.18. The maximum Gasteiger partial charge on any atom is 0.336 e. The first kappa shape index (κ1) is 10.4. The smallest absolute Gasteiger partial charge is 0.336 e. The summed E-state index contributed by atoms with van der Waals surface area (Å²) in [5, 5.41) is 11.2. The zero-order valence-corrected chi connectivity index (χ0v) is 8.65. The van der Waals surface area contributed by atoms with Crippen molar-refractivity contribution in [2.75, 3.05) is 0 Å². The number of rotatable bonds is 2. The molecule has 0 aliphatic heterocycles. The molecule has 0 radical (unpaired) electrons. The number of fused-ring (bicyclic) bond motifs is 1. The molecule has 0 amide bonds. The lowest BCUT2D eigenvalue weighted by molar-refractivity contribution is -0.304. The zero-order chi connectivity index (χ0) is 11.7. The van der Waals surface area contributed by atoms with E-state index in [1.165, 1.54) is 6.07 Å². The molecule has 0 unspecified atom stereocenters. The summed E-state index contributed by atoms with van der Waals surface area (Å²) < 4.78 is 5.00. The molecule has 0 saturated heterocycles. The Labute approximate surface area is 91.1 Å². The van der Waals surface area contributed by atoms with Gasteiger partial charge in [0.05, 0.1) is 0 Å². The molecule has 0 aliphatic rings. The molecule has 0 fully saturated rings. The van der Waals surface area contributed by atoms with Crippen molar-refractivity contribution in [2.24, 2.45) is 0 Å². The van der Waals surface area contributed by atoms with E-state index >= 15 is 0 Å². The minimum atomic E-state index is -1.22. The van der Waals surface area contributed by atoms with E-state index in [4.69, 9.17) is 4.42 Å². The van der Waals surface area contributed by atoms with Gasteiger partial charge in [-0.2, -0.15) is 0 Å². The zero-order valence-electron chi connectivity index (χ0n) is 8.65. The van der Waals surface area contributed by atoms with Gasteiger partial charge in [-0.25, -0.2) is 4.79 Å². The van der Waals surface area contributed by atoms with Crippen molar-refractivity contribution in [1.29, 1.82) is 0 Å². The second-order valence-electron chi connectivity index (χ2n) is 3.64. The highest BCUT2D eigenvalue weighted by atomic mass is 16.4. The molecule has 4 heteroatoms. The van der Waals surface area contributed by atoms with Crippen LogP contribution >= 0.6 is 0 Å². The summed E-state index contributed by atoms with van der Waals surface area (Å²) in [5.74, 6) is -1.22. The van der Waals surface area contributed by atoms with Crippen LogP contribution < -0.4 is 10.7 Å². The summed E-state index contributed by atoms with van der Waals surface area (Å²) >= 11 is 0. The number of carboxylic acids is 1. The molecule has 82 valence electrons. The minimum absolute atomic E-state index is 0.287. The fourth-order valence-electron chi connectivity index (χ4n) is 1.64. The standard InChI is InChI=1S/C12H10O4/c1-7-2-3-9-8(5-11(13)14)6-12(15)16-10(9)4-7/h2-4,6H,5H2,1H3,(H,13,14)/p-1. The lowest BCUT2D eigenvalue weighted by Crippen LogP contribution is -2.25. The third-order valence-electron chi connectivity index (χ3n) is 2.32. The van der Waals surface area contributed by atoms with Crippen LogP contribution in [0.15, 0.2) is 33.5 Å². The highest BCUT2D eigenvalue weighted by Gasteiger charge is 2.05. The number of benzene rings is 1. The van der Waals surface area contributed by atoms with Gasteiger partial charge in [0, 0.05) is 23.8 Å². The van der Waals surface area contributed by atoms with Gasteiger partial charge in [0.15, 0.2) is 0 Å². The molecular formula is C12H9O4-. The first-order chi connectivity index (χ1) is 7.56. The van der Waals surface area contributed by atoms with Crippen LogP contribution in [0.5, 0.6) is 0 Å². The molecule has 4 nitrogen and oxygen atoms in total. The monoisotopic (exact) mass is 217 g/mol. The van der Waals surface area contributed by atoms with E-state index in [1.54, 1.807) is 12.1 Å². The Balaban J connectivity index is 2.72. The van der Waals surface area contributed by atoms with Gasteiger partial charge in [-0.1, -0.05) is 12.1 Å². The maximum atomic E-state index is 11.2. The van der Waals surface area contributed by atoms with Crippen molar-refractivity contribution in [3.05, 3.63) is 45.8 Å². The number of hydrogen-bond donors (Lipinski definition) is 0. The normalized spacial score (nSPS) is 10.6. The lowest BCUT2D eigenvalue weighted by atomic mass is 10.1. The fourth-order valence-corrected chi connectivity index (χ4v) is 1.64. The number of hydrogen-bond acceptors (Lipinski definition) is 4. The molecule has 2 rings (SSSR count). The molecule has 0 N–H and O–H groups in total. The molecule has 1 aromatic carbocycles. The van der Waals surface area contributed by atoms with Gasteiger partial charge in [-0.15, -0.1) is 0 Å². The topological polar surface area (TPSA) is 70.3 Å². The quantitative estimate of drug-likeness (QED) is 0.682. The summed E-state index contributed by atoms with van der Waals surface area (Å²) in [6, 6.07) is 6.47. The number of carbonyl (C=O) groups is 1. The molecule has 0 spiro atoms. The summed E-state index contributed by atoms with van der Waals surface area (Å²) in [6.07, 6.45) is -0.287. The van der Waals surface area contributed by atoms with Gasteiger partial charge in [-0.05, 0) is 24.1 Å². The second-order valence-corrected chi connectivity index (χ2v) is 3.64. The Morgan fingerprint density at radius 2 is 2.12 bits per heavy atom. The van der Waals surface area contributed by atoms with Gasteiger partial charge >= 0.3 is 5.63 Å².